The van der Waals surface area contributed by atoms with Crippen LogP contribution in [0.15, 0.2) is 22.7 Å². The SMILES string of the molecule is CCOc1nc(NN)nc(Nc2ccc(F)c(Br)c2)n1. The van der Waals surface area contributed by atoms with Crippen LogP contribution in [0.5, 0.6) is 6.01 Å². The molecule has 20 heavy (non-hydrogen) atoms. The zero-order valence-electron chi connectivity index (χ0n) is 10.5. The summed E-state index contributed by atoms with van der Waals surface area (Å²) in [4.78, 5) is 12.0. The number of anilines is 3. The number of ether oxygens (including phenoxy) is 1. The number of hydrogen-bond donors (Lipinski definition) is 3. The van der Waals surface area contributed by atoms with Gasteiger partial charge < -0.3 is 10.1 Å². The zero-order chi connectivity index (χ0) is 14.5. The van der Waals surface area contributed by atoms with Crippen LogP contribution in [-0.4, -0.2) is 21.6 Å². The van der Waals surface area contributed by atoms with E-state index in [4.69, 9.17) is 10.6 Å². The number of nitrogens with zero attached hydrogens (tertiary/aromatic N) is 3. The summed E-state index contributed by atoms with van der Waals surface area (Å²) in [6.45, 7) is 2.22. The topological polar surface area (TPSA) is 98.0 Å². The highest BCUT2D eigenvalue weighted by Crippen LogP contribution is 2.22. The van der Waals surface area contributed by atoms with Gasteiger partial charge in [-0.25, -0.2) is 10.2 Å². The van der Waals surface area contributed by atoms with Gasteiger partial charge in [-0.05, 0) is 41.1 Å². The Labute approximate surface area is 122 Å². The Morgan fingerprint density at radius 3 is 2.70 bits per heavy atom. The molecule has 0 radical (unpaired) electrons. The molecule has 0 aliphatic carbocycles. The summed E-state index contributed by atoms with van der Waals surface area (Å²) in [6, 6.07) is 4.58. The molecular weight excluding hydrogens is 331 g/mol. The maximum Gasteiger partial charge on any atom is 0.323 e. The van der Waals surface area contributed by atoms with E-state index in [1.807, 2.05) is 6.92 Å². The minimum atomic E-state index is -0.356. The van der Waals surface area contributed by atoms with Crippen LogP contribution in [0.2, 0.25) is 0 Å². The molecule has 0 atom stereocenters. The molecule has 0 spiro atoms. The van der Waals surface area contributed by atoms with Gasteiger partial charge in [0.1, 0.15) is 5.82 Å². The predicted molar refractivity (Wildman–Crippen MR) is 76.2 cm³/mol. The molecule has 1 aromatic heterocycles. The number of benzene rings is 1. The minimum absolute atomic E-state index is 0.138. The van der Waals surface area contributed by atoms with E-state index in [-0.39, 0.29) is 23.7 Å². The minimum Gasteiger partial charge on any atom is -0.464 e. The maximum atomic E-state index is 13.2. The number of aromatic nitrogens is 3. The average molecular weight is 343 g/mol. The van der Waals surface area contributed by atoms with Gasteiger partial charge in [-0.2, -0.15) is 15.0 Å². The smallest absolute Gasteiger partial charge is 0.323 e. The van der Waals surface area contributed by atoms with Crippen molar-refractivity contribution >= 4 is 33.5 Å². The van der Waals surface area contributed by atoms with Gasteiger partial charge in [0.25, 0.3) is 0 Å². The van der Waals surface area contributed by atoms with Crippen LogP contribution in [0.3, 0.4) is 0 Å². The summed E-state index contributed by atoms with van der Waals surface area (Å²) >= 11 is 3.10. The lowest BCUT2D eigenvalue weighted by atomic mass is 10.3. The van der Waals surface area contributed by atoms with E-state index in [2.05, 4.69) is 41.6 Å². The van der Waals surface area contributed by atoms with Crippen molar-refractivity contribution in [3.8, 4) is 6.01 Å². The Bertz CT molecular complexity index is 611. The fraction of sp³-hybridized carbons (Fsp3) is 0.182. The van der Waals surface area contributed by atoms with Crippen LogP contribution >= 0.6 is 15.9 Å². The predicted octanol–water partition coefficient (Wildman–Crippen LogP) is 2.20. The van der Waals surface area contributed by atoms with E-state index in [9.17, 15) is 4.39 Å². The van der Waals surface area contributed by atoms with Crippen molar-refractivity contribution in [2.24, 2.45) is 5.84 Å². The summed E-state index contributed by atoms with van der Waals surface area (Å²) in [5, 5.41) is 2.91. The molecule has 9 heteroatoms. The van der Waals surface area contributed by atoms with Gasteiger partial charge in [0.2, 0.25) is 11.9 Å². The summed E-state index contributed by atoms with van der Waals surface area (Å²) in [5.41, 5.74) is 2.93. The Balaban J connectivity index is 2.27. The Morgan fingerprint density at radius 2 is 2.05 bits per heavy atom. The van der Waals surface area contributed by atoms with Gasteiger partial charge in [0.15, 0.2) is 0 Å². The number of nitrogens with one attached hydrogen (secondary N) is 2. The second-order valence-electron chi connectivity index (χ2n) is 3.60. The van der Waals surface area contributed by atoms with Crippen molar-refractivity contribution in [3.63, 3.8) is 0 Å². The number of hydrazine groups is 1. The molecule has 1 aromatic carbocycles. The van der Waals surface area contributed by atoms with E-state index < -0.39 is 0 Å². The fourth-order valence-corrected chi connectivity index (χ4v) is 1.75. The first-order valence-corrected chi connectivity index (χ1v) is 6.49. The van der Waals surface area contributed by atoms with Crippen LogP contribution < -0.4 is 21.3 Å². The number of rotatable bonds is 5. The number of halogens is 2. The molecule has 1 heterocycles. The van der Waals surface area contributed by atoms with Crippen LogP contribution in [-0.2, 0) is 0 Å². The summed E-state index contributed by atoms with van der Waals surface area (Å²) < 4.78 is 18.7. The normalized spacial score (nSPS) is 10.2. The largest absolute Gasteiger partial charge is 0.464 e. The molecule has 106 valence electrons. The third-order valence-electron chi connectivity index (χ3n) is 2.19. The molecule has 4 N–H and O–H groups in total. The number of nitrogens with two attached hydrogens (primary N) is 1. The van der Waals surface area contributed by atoms with Crippen LogP contribution in [0.1, 0.15) is 6.92 Å². The summed E-state index contributed by atoms with van der Waals surface area (Å²) in [7, 11) is 0. The van der Waals surface area contributed by atoms with Gasteiger partial charge >= 0.3 is 6.01 Å². The van der Waals surface area contributed by atoms with Crippen molar-refractivity contribution in [2.45, 2.75) is 6.92 Å². The van der Waals surface area contributed by atoms with Gasteiger partial charge in [0, 0.05) is 5.69 Å². The maximum absolute atomic E-state index is 13.2. The van der Waals surface area contributed by atoms with E-state index in [1.54, 1.807) is 12.1 Å². The lowest BCUT2D eigenvalue weighted by molar-refractivity contribution is 0.312. The van der Waals surface area contributed by atoms with Crippen molar-refractivity contribution in [2.75, 3.05) is 17.3 Å². The molecule has 0 bridgehead atoms. The molecule has 0 saturated heterocycles. The monoisotopic (exact) mass is 342 g/mol. The zero-order valence-corrected chi connectivity index (χ0v) is 12.1. The molecule has 2 aromatic rings. The lowest BCUT2D eigenvalue weighted by Gasteiger charge is -2.09. The van der Waals surface area contributed by atoms with Crippen molar-refractivity contribution in [3.05, 3.63) is 28.5 Å². The molecular formula is C11H12BrFN6O. The first-order chi connectivity index (χ1) is 9.62. The second kappa shape index (κ2) is 6.44. The van der Waals surface area contributed by atoms with Crippen LogP contribution in [0, 0.1) is 5.82 Å². The first kappa shape index (κ1) is 14.4. The Hall–Kier alpha value is -2.00. The van der Waals surface area contributed by atoms with Gasteiger partial charge in [0.05, 0.1) is 11.1 Å². The van der Waals surface area contributed by atoms with Crippen LogP contribution in [0.25, 0.3) is 0 Å². The number of nitrogen functional groups attached to an aromatic ring is 1. The molecule has 7 nitrogen and oxygen atoms in total. The molecule has 2 rings (SSSR count). The third kappa shape index (κ3) is 3.52. The first-order valence-electron chi connectivity index (χ1n) is 5.70. The summed E-state index contributed by atoms with van der Waals surface area (Å²) in [6.07, 6.45) is 0. The van der Waals surface area contributed by atoms with Gasteiger partial charge in [-0.3, -0.25) is 5.43 Å². The van der Waals surface area contributed by atoms with Crippen molar-refractivity contribution in [1.82, 2.24) is 15.0 Å². The Kier molecular flexibility index (Phi) is 4.64. The lowest BCUT2D eigenvalue weighted by Crippen LogP contribution is -2.13. The second-order valence-corrected chi connectivity index (χ2v) is 4.45. The Morgan fingerprint density at radius 1 is 1.30 bits per heavy atom. The molecule has 0 saturated carbocycles. The van der Waals surface area contributed by atoms with E-state index >= 15 is 0 Å². The van der Waals surface area contributed by atoms with Crippen molar-refractivity contribution in [1.29, 1.82) is 0 Å². The standard InChI is InChI=1S/C11H12BrFN6O/c1-2-20-11-17-9(16-10(18-11)19-14)15-6-3-4-8(13)7(12)5-6/h3-5H,2,14H2,1H3,(H2,15,16,17,18,19). The molecule has 0 amide bonds. The van der Waals surface area contributed by atoms with Gasteiger partial charge in [-0.15, -0.1) is 0 Å². The van der Waals surface area contributed by atoms with Crippen LogP contribution in [0.4, 0.5) is 22.0 Å². The highest BCUT2D eigenvalue weighted by molar-refractivity contribution is 9.10. The number of hydrogen-bond acceptors (Lipinski definition) is 7. The highest BCUT2D eigenvalue weighted by Gasteiger charge is 2.08. The molecule has 0 aliphatic heterocycles. The van der Waals surface area contributed by atoms with E-state index in [0.717, 1.165) is 0 Å². The molecule has 0 aliphatic rings. The quantitative estimate of drug-likeness (QED) is 0.565. The van der Waals surface area contributed by atoms with Crippen molar-refractivity contribution < 1.29 is 9.13 Å². The third-order valence-corrected chi connectivity index (χ3v) is 2.80. The van der Waals surface area contributed by atoms with E-state index in [0.29, 0.717) is 16.8 Å². The van der Waals surface area contributed by atoms with E-state index in [1.165, 1.54) is 6.07 Å². The summed E-state index contributed by atoms with van der Waals surface area (Å²) in [5.74, 6) is 5.31. The molecule has 0 unspecified atom stereocenters. The highest BCUT2D eigenvalue weighted by atomic mass is 79.9. The molecule has 0 fully saturated rings. The van der Waals surface area contributed by atoms with Gasteiger partial charge in [-0.1, -0.05) is 0 Å². The fourth-order valence-electron chi connectivity index (χ4n) is 1.37. The average Bonchev–Trinajstić information content (AvgIpc) is 2.43.